The third-order valence-corrected chi connectivity index (χ3v) is 4.65. The van der Waals surface area contributed by atoms with Crippen molar-refractivity contribution in [1.29, 1.82) is 0 Å². The highest BCUT2D eigenvalue weighted by Crippen LogP contribution is 2.30. The number of nitro benzene ring substituents is 1. The topological polar surface area (TPSA) is 109 Å². The highest BCUT2D eigenvalue weighted by molar-refractivity contribution is 6.31. The highest BCUT2D eigenvalue weighted by Gasteiger charge is 2.14. The van der Waals surface area contributed by atoms with Crippen LogP contribution in [0.4, 0.5) is 11.4 Å². The number of rotatable bonds is 8. The van der Waals surface area contributed by atoms with Gasteiger partial charge in [-0.25, -0.2) is 0 Å². The smallest absolute Gasteiger partial charge is 0.275 e. The molecule has 0 bridgehead atoms. The van der Waals surface area contributed by atoms with Crippen LogP contribution in [0.1, 0.15) is 12.1 Å². The molecular weight excluding hydrogens is 412 g/mol. The molecule has 0 saturated carbocycles. The average molecular weight is 431 g/mol. The fourth-order valence-electron chi connectivity index (χ4n) is 2.68. The van der Waals surface area contributed by atoms with Crippen LogP contribution in [0, 0.1) is 17.0 Å². The minimum Gasteiger partial charge on any atom is -0.497 e. The Morgan fingerprint density at radius 3 is 2.50 bits per heavy atom. The van der Waals surface area contributed by atoms with Crippen molar-refractivity contribution >= 4 is 28.9 Å². The number of aromatic nitrogens is 2. The van der Waals surface area contributed by atoms with E-state index in [0.717, 1.165) is 5.69 Å². The molecule has 0 spiro atoms. The van der Waals surface area contributed by atoms with Crippen LogP contribution in [0.2, 0.25) is 5.02 Å². The quantitative estimate of drug-likeness (QED) is 0.413. The summed E-state index contributed by atoms with van der Waals surface area (Å²) in [7, 11) is 1.55. The Morgan fingerprint density at radius 2 is 1.90 bits per heavy atom. The third-order valence-electron chi connectivity index (χ3n) is 4.27. The number of hydrogen-bond acceptors (Lipinski definition) is 6. The summed E-state index contributed by atoms with van der Waals surface area (Å²) in [4.78, 5) is 23.0. The van der Waals surface area contributed by atoms with Crippen molar-refractivity contribution in [3.05, 3.63) is 69.5 Å². The first-order valence-corrected chi connectivity index (χ1v) is 9.32. The van der Waals surface area contributed by atoms with Gasteiger partial charge in [0.15, 0.2) is 0 Å². The largest absolute Gasteiger partial charge is 0.497 e. The van der Waals surface area contributed by atoms with Gasteiger partial charge >= 0.3 is 0 Å². The number of anilines is 1. The molecule has 0 aliphatic carbocycles. The number of aryl methyl sites for hydroxylation is 1. The number of amides is 1. The van der Waals surface area contributed by atoms with Gasteiger partial charge in [-0.05, 0) is 31.2 Å². The number of carbonyl (C=O) groups is 1. The first-order valence-electron chi connectivity index (χ1n) is 8.95. The van der Waals surface area contributed by atoms with E-state index in [1.54, 1.807) is 43.0 Å². The second-order valence-electron chi connectivity index (χ2n) is 6.35. The van der Waals surface area contributed by atoms with Gasteiger partial charge in [0.1, 0.15) is 17.2 Å². The fraction of sp³-hybridized carbons (Fsp3) is 0.200. The van der Waals surface area contributed by atoms with Gasteiger partial charge < -0.3 is 14.8 Å². The number of hydrogen-bond donors (Lipinski definition) is 1. The summed E-state index contributed by atoms with van der Waals surface area (Å²) in [5.41, 5.74) is 0.814. The number of nitrogens with one attached hydrogen (secondary N) is 1. The van der Waals surface area contributed by atoms with Gasteiger partial charge in [0.2, 0.25) is 5.91 Å². The van der Waals surface area contributed by atoms with E-state index in [9.17, 15) is 14.9 Å². The van der Waals surface area contributed by atoms with Crippen molar-refractivity contribution in [3.8, 4) is 17.2 Å². The molecule has 156 valence electrons. The lowest BCUT2D eigenvalue weighted by molar-refractivity contribution is -0.384. The van der Waals surface area contributed by atoms with Crippen molar-refractivity contribution in [1.82, 2.24) is 9.78 Å². The maximum Gasteiger partial charge on any atom is 0.275 e. The molecule has 0 atom stereocenters. The molecule has 0 aliphatic rings. The zero-order valence-corrected chi connectivity index (χ0v) is 17.0. The molecule has 0 fully saturated rings. The van der Waals surface area contributed by atoms with Gasteiger partial charge in [-0.3, -0.25) is 19.6 Å². The van der Waals surface area contributed by atoms with Crippen LogP contribution >= 0.6 is 11.6 Å². The van der Waals surface area contributed by atoms with Crippen molar-refractivity contribution in [2.45, 2.75) is 19.9 Å². The van der Waals surface area contributed by atoms with Crippen LogP contribution < -0.4 is 14.8 Å². The zero-order chi connectivity index (χ0) is 21.7. The summed E-state index contributed by atoms with van der Waals surface area (Å²) >= 11 is 5.95. The number of methoxy groups -OCH3 is 1. The lowest BCUT2D eigenvalue weighted by Gasteiger charge is -2.10. The summed E-state index contributed by atoms with van der Waals surface area (Å²) in [5.74, 6) is 1.03. The molecule has 1 amide bonds. The van der Waals surface area contributed by atoms with Crippen LogP contribution in [-0.2, 0) is 11.3 Å². The second-order valence-corrected chi connectivity index (χ2v) is 6.76. The number of benzene rings is 2. The Labute approximate surface area is 177 Å². The molecule has 3 aromatic rings. The Bertz CT molecular complexity index is 1070. The summed E-state index contributed by atoms with van der Waals surface area (Å²) in [5, 5.41) is 18.5. The van der Waals surface area contributed by atoms with Crippen molar-refractivity contribution < 1.29 is 19.2 Å². The van der Waals surface area contributed by atoms with E-state index in [1.165, 1.54) is 24.4 Å². The van der Waals surface area contributed by atoms with E-state index in [1.807, 2.05) is 0 Å². The number of carbonyl (C=O) groups excluding carboxylic acids is 1. The number of ether oxygens (including phenoxy) is 2. The standard InChI is InChI=1S/C20H19ClN4O5/c1-13-19(21)12-22-24(13)8-7-20(26)23-14-9-15(25(27)28)11-18(10-14)30-17-5-3-16(29-2)4-6-17/h3-6,9-12H,7-8H2,1-2H3,(H,23,26). The van der Waals surface area contributed by atoms with Crippen molar-refractivity contribution in [2.24, 2.45) is 0 Å². The van der Waals surface area contributed by atoms with Gasteiger partial charge in [0.25, 0.3) is 5.69 Å². The summed E-state index contributed by atoms with van der Waals surface area (Å²) in [6.07, 6.45) is 1.63. The molecule has 9 nitrogen and oxygen atoms in total. The fourth-order valence-corrected chi connectivity index (χ4v) is 2.82. The number of halogens is 1. The molecule has 0 radical (unpaired) electrons. The molecule has 3 rings (SSSR count). The zero-order valence-electron chi connectivity index (χ0n) is 16.3. The number of nitro groups is 1. The third kappa shape index (κ3) is 5.26. The van der Waals surface area contributed by atoms with Crippen LogP contribution in [0.25, 0.3) is 0 Å². The van der Waals surface area contributed by atoms with Crippen LogP contribution in [-0.4, -0.2) is 27.7 Å². The van der Waals surface area contributed by atoms with Gasteiger partial charge in [-0.1, -0.05) is 11.6 Å². The molecule has 1 N–H and O–H groups in total. The minimum atomic E-state index is -0.550. The van der Waals surface area contributed by atoms with Gasteiger partial charge in [-0.15, -0.1) is 0 Å². The first kappa shape index (κ1) is 21.1. The maximum absolute atomic E-state index is 12.3. The van der Waals surface area contributed by atoms with Crippen LogP contribution in [0.3, 0.4) is 0 Å². The lowest BCUT2D eigenvalue weighted by Crippen LogP contribution is -2.15. The van der Waals surface area contributed by atoms with Crippen molar-refractivity contribution in [2.75, 3.05) is 12.4 Å². The minimum absolute atomic E-state index is 0.121. The molecule has 10 heteroatoms. The Kier molecular flexibility index (Phi) is 6.53. The van der Waals surface area contributed by atoms with Gasteiger partial charge in [0.05, 0.1) is 47.2 Å². The molecule has 1 aromatic heterocycles. The average Bonchev–Trinajstić information content (AvgIpc) is 3.04. The summed E-state index contributed by atoms with van der Waals surface area (Å²) in [6, 6.07) is 10.8. The molecule has 0 saturated heterocycles. The summed E-state index contributed by atoms with van der Waals surface area (Å²) < 4.78 is 12.4. The second kappa shape index (κ2) is 9.27. The molecule has 1 heterocycles. The van der Waals surface area contributed by atoms with E-state index >= 15 is 0 Å². The molecule has 0 aliphatic heterocycles. The van der Waals surface area contributed by atoms with E-state index < -0.39 is 4.92 Å². The lowest BCUT2D eigenvalue weighted by atomic mass is 10.2. The normalized spacial score (nSPS) is 10.5. The van der Waals surface area contributed by atoms with E-state index in [0.29, 0.717) is 23.1 Å². The maximum atomic E-state index is 12.3. The Balaban J connectivity index is 1.72. The predicted octanol–water partition coefficient (Wildman–Crippen LogP) is 4.58. The van der Waals surface area contributed by atoms with Crippen LogP contribution in [0.5, 0.6) is 17.2 Å². The van der Waals surface area contributed by atoms with Gasteiger partial charge in [0, 0.05) is 18.6 Å². The molecular formula is C20H19ClN4O5. The van der Waals surface area contributed by atoms with E-state index in [-0.39, 0.29) is 29.5 Å². The number of non-ortho nitro benzene ring substituents is 1. The molecule has 2 aromatic carbocycles. The van der Waals surface area contributed by atoms with Crippen molar-refractivity contribution in [3.63, 3.8) is 0 Å². The molecule has 30 heavy (non-hydrogen) atoms. The summed E-state index contributed by atoms with van der Waals surface area (Å²) in [6.45, 7) is 2.13. The monoisotopic (exact) mass is 430 g/mol. The first-order chi connectivity index (χ1) is 14.4. The van der Waals surface area contributed by atoms with Gasteiger partial charge in [-0.2, -0.15) is 5.10 Å². The van der Waals surface area contributed by atoms with E-state index in [4.69, 9.17) is 21.1 Å². The molecule has 0 unspecified atom stereocenters. The number of nitrogens with zero attached hydrogens (tertiary/aromatic N) is 3. The Hall–Kier alpha value is -3.59. The Morgan fingerprint density at radius 1 is 1.20 bits per heavy atom. The van der Waals surface area contributed by atoms with Crippen LogP contribution in [0.15, 0.2) is 48.7 Å². The predicted molar refractivity (Wildman–Crippen MR) is 111 cm³/mol. The SMILES string of the molecule is COc1ccc(Oc2cc(NC(=O)CCn3ncc(Cl)c3C)cc([N+](=O)[O-])c2)cc1. The van der Waals surface area contributed by atoms with E-state index in [2.05, 4.69) is 10.4 Å². The highest BCUT2D eigenvalue weighted by atomic mass is 35.5.